The van der Waals surface area contributed by atoms with Gasteiger partial charge < -0.3 is 0 Å². The van der Waals surface area contributed by atoms with Gasteiger partial charge in [0.05, 0.1) is 49.6 Å². The Bertz CT molecular complexity index is 253. The fourth-order valence-corrected chi connectivity index (χ4v) is 5.02. The van der Waals surface area contributed by atoms with Gasteiger partial charge in [-0.05, 0) is 0 Å². The molecule has 0 aliphatic carbocycles. The molecule has 0 aromatic heterocycles. The Morgan fingerprint density at radius 2 is 1.33 bits per heavy atom. The van der Waals surface area contributed by atoms with Crippen LogP contribution in [0.4, 0.5) is 0 Å². The van der Waals surface area contributed by atoms with Crippen LogP contribution in [0.5, 0.6) is 0 Å². The summed E-state index contributed by atoms with van der Waals surface area (Å²) in [4.78, 5) is 0. The third-order valence-corrected chi connectivity index (χ3v) is 6.84. The van der Waals surface area contributed by atoms with Crippen molar-refractivity contribution < 1.29 is 0 Å². The summed E-state index contributed by atoms with van der Waals surface area (Å²) in [5.41, 5.74) is 0. The zero-order chi connectivity index (χ0) is 11.6. The van der Waals surface area contributed by atoms with E-state index >= 15 is 0 Å². The van der Waals surface area contributed by atoms with Gasteiger partial charge in [-0.2, -0.15) is 10.5 Å². The van der Waals surface area contributed by atoms with Gasteiger partial charge in [0, 0.05) is 7.26 Å². The van der Waals surface area contributed by atoms with Crippen molar-refractivity contribution in [3.05, 3.63) is 25.3 Å². The quantitative estimate of drug-likeness (QED) is 0.466. The predicted octanol–water partition coefficient (Wildman–Crippen LogP) is 3.20. The van der Waals surface area contributed by atoms with Gasteiger partial charge in [-0.3, -0.25) is 0 Å². The molecule has 0 unspecified atom stereocenters. The smallest absolute Gasteiger partial charge is 0.0774 e. The number of hydrogen-bond acceptors (Lipinski definition) is 2. The van der Waals surface area contributed by atoms with Crippen molar-refractivity contribution in [2.75, 3.05) is 24.6 Å². The average Bonchev–Trinajstić information content (AvgIpc) is 2.24. The second-order valence-corrected chi connectivity index (χ2v) is 7.86. The highest BCUT2D eigenvalue weighted by molar-refractivity contribution is 7.76. The maximum atomic E-state index is 8.64. The summed E-state index contributed by atoms with van der Waals surface area (Å²) in [5, 5.41) is 17.3. The summed E-state index contributed by atoms with van der Waals surface area (Å²) < 4.78 is 0. The van der Waals surface area contributed by atoms with Gasteiger partial charge in [0.1, 0.15) is 0 Å². The second kappa shape index (κ2) is 8.22. The van der Waals surface area contributed by atoms with E-state index in [2.05, 4.69) is 25.3 Å². The Kier molecular flexibility index (Phi) is 7.61. The SMILES string of the molecule is C=CC[P+](CC=C)(CCC#N)CCC#N. The molecule has 3 heteroatoms. The summed E-state index contributed by atoms with van der Waals surface area (Å²) in [6.45, 7) is 7.54. The van der Waals surface area contributed by atoms with Gasteiger partial charge in [0.15, 0.2) is 0 Å². The Labute approximate surface area is 93.2 Å². The van der Waals surface area contributed by atoms with Crippen LogP contribution in [0.1, 0.15) is 12.8 Å². The highest BCUT2D eigenvalue weighted by atomic mass is 31.2. The van der Waals surface area contributed by atoms with Crippen LogP contribution in [0.25, 0.3) is 0 Å². The van der Waals surface area contributed by atoms with Crippen LogP contribution >= 0.6 is 7.26 Å². The summed E-state index contributed by atoms with van der Waals surface area (Å²) >= 11 is 0. The number of rotatable bonds is 8. The topological polar surface area (TPSA) is 47.6 Å². The van der Waals surface area contributed by atoms with Crippen molar-refractivity contribution in [3.8, 4) is 12.1 Å². The largest absolute Gasteiger partial charge is 0.198 e. The minimum Gasteiger partial charge on any atom is -0.198 e. The summed E-state index contributed by atoms with van der Waals surface area (Å²) in [7, 11) is -1.21. The predicted molar refractivity (Wildman–Crippen MR) is 67.2 cm³/mol. The lowest BCUT2D eigenvalue weighted by Gasteiger charge is -2.23. The van der Waals surface area contributed by atoms with Crippen molar-refractivity contribution in [2.45, 2.75) is 12.8 Å². The van der Waals surface area contributed by atoms with E-state index in [9.17, 15) is 0 Å². The molecule has 0 atom stereocenters. The van der Waals surface area contributed by atoms with E-state index in [1.54, 1.807) is 0 Å². The Balaban J connectivity index is 4.56. The number of allylic oxidation sites excluding steroid dienone is 2. The van der Waals surface area contributed by atoms with Gasteiger partial charge in [-0.1, -0.05) is 25.3 Å². The van der Waals surface area contributed by atoms with Crippen LogP contribution in [-0.2, 0) is 0 Å². The van der Waals surface area contributed by atoms with E-state index in [-0.39, 0.29) is 0 Å². The standard InChI is InChI=1S/C12H18N2P/c1-3-9-15(10-4-2,11-5-7-13)12-6-8-14/h3-4H,1-2,5-6,9-12H2/q+1. The van der Waals surface area contributed by atoms with Crippen molar-refractivity contribution in [2.24, 2.45) is 0 Å². The molecule has 0 bridgehead atoms. The van der Waals surface area contributed by atoms with E-state index in [0.717, 1.165) is 24.6 Å². The van der Waals surface area contributed by atoms with Crippen LogP contribution in [0, 0.1) is 22.7 Å². The molecule has 0 heterocycles. The molecule has 0 saturated carbocycles. The molecule has 0 N–H and O–H groups in total. The molecular weight excluding hydrogens is 203 g/mol. The van der Waals surface area contributed by atoms with E-state index in [1.165, 1.54) is 0 Å². The average molecular weight is 221 g/mol. The molecule has 2 nitrogen and oxygen atoms in total. The molecule has 0 aromatic rings. The molecule has 0 fully saturated rings. The van der Waals surface area contributed by atoms with Gasteiger partial charge in [-0.15, -0.1) is 0 Å². The maximum absolute atomic E-state index is 8.64. The lowest BCUT2D eigenvalue weighted by Crippen LogP contribution is -2.09. The van der Waals surface area contributed by atoms with Crippen LogP contribution < -0.4 is 0 Å². The third-order valence-electron chi connectivity index (χ3n) is 2.43. The van der Waals surface area contributed by atoms with Crippen LogP contribution in [-0.4, -0.2) is 24.6 Å². The molecule has 0 spiro atoms. The normalized spacial score (nSPS) is 10.0. The molecule has 0 aliphatic rings. The first-order valence-electron chi connectivity index (χ1n) is 5.05. The molecule has 15 heavy (non-hydrogen) atoms. The van der Waals surface area contributed by atoms with E-state index in [4.69, 9.17) is 10.5 Å². The van der Waals surface area contributed by atoms with Crippen LogP contribution in [0.2, 0.25) is 0 Å². The van der Waals surface area contributed by atoms with Crippen LogP contribution in [0.15, 0.2) is 25.3 Å². The van der Waals surface area contributed by atoms with Crippen molar-refractivity contribution in [3.63, 3.8) is 0 Å². The number of nitriles is 2. The molecule has 0 saturated heterocycles. The first-order valence-corrected chi connectivity index (χ1v) is 7.58. The van der Waals surface area contributed by atoms with Gasteiger partial charge in [-0.25, -0.2) is 0 Å². The highest BCUT2D eigenvalue weighted by Gasteiger charge is 2.33. The number of nitrogens with zero attached hydrogens (tertiary/aromatic N) is 2. The molecule has 0 aliphatic heterocycles. The fourth-order valence-electron chi connectivity index (χ4n) is 1.67. The lowest BCUT2D eigenvalue weighted by atomic mass is 10.5. The molecule has 0 radical (unpaired) electrons. The summed E-state index contributed by atoms with van der Waals surface area (Å²) in [5.74, 6) is 0. The van der Waals surface area contributed by atoms with Crippen molar-refractivity contribution in [1.82, 2.24) is 0 Å². The van der Waals surface area contributed by atoms with Gasteiger partial charge in [0.25, 0.3) is 0 Å². The monoisotopic (exact) mass is 221 g/mol. The Morgan fingerprint density at radius 1 is 0.933 bits per heavy atom. The van der Waals surface area contributed by atoms with E-state index < -0.39 is 7.26 Å². The minimum atomic E-state index is -1.21. The first kappa shape index (κ1) is 13.9. The van der Waals surface area contributed by atoms with Gasteiger partial charge >= 0.3 is 0 Å². The maximum Gasteiger partial charge on any atom is 0.0774 e. The summed E-state index contributed by atoms with van der Waals surface area (Å²) in [6, 6.07) is 4.38. The summed E-state index contributed by atoms with van der Waals surface area (Å²) in [6.07, 6.45) is 8.80. The molecule has 0 rings (SSSR count). The lowest BCUT2D eigenvalue weighted by molar-refractivity contribution is 1.14. The third kappa shape index (κ3) is 5.36. The molecule has 0 aromatic carbocycles. The van der Waals surface area contributed by atoms with Crippen molar-refractivity contribution >= 4 is 7.26 Å². The molecular formula is C12H18N2P+. The fraction of sp³-hybridized carbons (Fsp3) is 0.500. The Morgan fingerprint density at radius 3 is 1.60 bits per heavy atom. The minimum absolute atomic E-state index is 0.584. The van der Waals surface area contributed by atoms with E-state index in [1.807, 2.05) is 12.2 Å². The van der Waals surface area contributed by atoms with E-state index in [0.29, 0.717) is 12.8 Å². The first-order chi connectivity index (χ1) is 7.24. The van der Waals surface area contributed by atoms with Gasteiger partial charge in [0.2, 0.25) is 0 Å². The number of hydrogen-bond donors (Lipinski definition) is 0. The highest BCUT2D eigenvalue weighted by Crippen LogP contribution is 2.59. The Hall–Kier alpha value is -1.11. The van der Waals surface area contributed by atoms with Crippen molar-refractivity contribution in [1.29, 1.82) is 10.5 Å². The second-order valence-electron chi connectivity index (χ2n) is 3.55. The molecule has 0 amide bonds. The van der Waals surface area contributed by atoms with Crippen LogP contribution in [0.3, 0.4) is 0 Å². The molecule has 80 valence electrons. The zero-order valence-corrected chi connectivity index (χ0v) is 10.0. The zero-order valence-electron chi connectivity index (χ0n) is 9.15.